The Morgan fingerprint density at radius 1 is 1.08 bits per heavy atom. The Balaban J connectivity index is 1.60. The minimum atomic E-state index is -3.80. The van der Waals surface area contributed by atoms with Crippen LogP contribution in [0.2, 0.25) is 0 Å². The molecule has 2 amide bonds. The Bertz CT molecular complexity index is 1020. The summed E-state index contributed by atoms with van der Waals surface area (Å²) >= 11 is 0. The standard InChI is InChI=1S/C18H17N3O4S/c22-17-10-12-9-15(6-7-16(12)19-17)26(24,25)20-13-3-1-4-14(11-13)21-8-2-5-18(21)23/h1,3-4,6-7,9,11,20H,2,5,8,10H2,(H,19,22). The van der Waals surface area contributed by atoms with E-state index < -0.39 is 10.0 Å². The van der Waals surface area contributed by atoms with Gasteiger partial charge in [-0.3, -0.25) is 14.3 Å². The molecular formula is C18H17N3O4S. The molecule has 2 N–H and O–H groups in total. The van der Waals surface area contributed by atoms with Gasteiger partial charge < -0.3 is 10.2 Å². The topological polar surface area (TPSA) is 95.6 Å². The summed E-state index contributed by atoms with van der Waals surface area (Å²) in [5.41, 5.74) is 2.37. The van der Waals surface area contributed by atoms with Gasteiger partial charge in [0.2, 0.25) is 11.8 Å². The number of fused-ring (bicyclic) bond motifs is 1. The lowest BCUT2D eigenvalue weighted by atomic mass is 10.2. The van der Waals surface area contributed by atoms with E-state index in [4.69, 9.17) is 0 Å². The zero-order valence-electron chi connectivity index (χ0n) is 13.9. The molecule has 134 valence electrons. The van der Waals surface area contributed by atoms with Gasteiger partial charge >= 0.3 is 0 Å². The van der Waals surface area contributed by atoms with Gasteiger partial charge in [0.15, 0.2) is 0 Å². The molecule has 0 aliphatic carbocycles. The number of hydrogen-bond donors (Lipinski definition) is 2. The smallest absolute Gasteiger partial charge is 0.261 e. The molecule has 8 heteroatoms. The van der Waals surface area contributed by atoms with Crippen LogP contribution in [0.25, 0.3) is 0 Å². The van der Waals surface area contributed by atoms with Crippen LogP contribution in [0.4, 0.5) is 17.1 Å². The van der Waals surface area contributed by atoms with Gasteiger partial charge in [-0.25, -0.2) is 8.42 Å². The SMILES string of the molecule is O=C1Cc2cc(S(=O)(=O)Nc3cccc(N4CCCC4=O)c3)ccc2N1. The first-order valence-corrected chi connectivity index (χ1v) is 9.77. The summed E-state index contributed by atoms with van der Waals surface area (Å²) in [4.78, 5) is 25.1. The van der Waals surface area contributed by atoms with Crippen LogP contribution in [-0.2, 0) is 26.0 Å². The third kappa shape index (κ3) is 3.03. The number of anilines is 3. The molecule has 2 aromatic carbocycles. The molecule has 0 radical (unpaired) electrons. The van der Waals surface area contributed by atoms with Gasteiger partial charge in [-0.1, -0.05) is 6.07 Å². The van der Waals surface area contributed by atoms with Crippen molar-refractivity contribution in [1.82, 2.24) is 0 Å². The van der Waals surface area contributed by atoms with Crippen molar-refractivity contribution in [2.24, 2.45) is 0 Å². The molecular weight excluding hydrogens is 354 g/mol. The number of carbonyl (C=O) groups excluding carboxylic acids is 2. The molecule has 2 heterocycles. The summed E-state index contributed by atoms with van der Waals surface area (Å²) in [6, 6.07) is 11.3. The van der Waals surface area contributed by atoms with Gasteiger partial charge in [-0.05, 0) is 48.4 Å². The van der Waals surface area contributed by atoms with E-state index in [1.807, 2.05) is 0 Å². The maximum Gasteiger partial charge on any atom is 0.261 e. The number of nitrogens with one attached hydrogen (secondary N) is 2. The molecule has 2 aromatic rings. The second-order valence-electron chi connectivity index (χ2n) is 6.35. The zero-order chi connectivity index (χ0) is 18.3. The van der Waals surface area contributed by atoms with E-state index in [1.54, 1.807) is 35.2 Å². The summed E-state index contributed by atoms with van der Waals surface area (Å²) in [5.74, 6) is -0.105. The van der Waals surface area contributed by atoms with E-state index in [0.717, 1.165) is 6.42 Å². The second kappa shape index (κ2) is 6.14. The van der Waals surface area contributed by atoms with E-state index in [2.05, 4.69) is 10.0 Å². The van der Waals surface area contributed by atoms with E-state index in [-0.39, 0.29) is 23.1 Å². The van der Waals surface area contributed by atoms with Gasteiger partial charge in [-0.15, -0.1) is 0 Å². The number of carbonyl (C=O) groups is 2. The van der Waals surface area contributed by atoms with Crippen molar-refractivity contribution in [3.05, 3.63) is 48.0 Å². The minimum Gasteiger partial charge on any atom is -0.326 e. The molecule has 26 heavy (non-hydrogen) atoms. The van der Waals surface area contributed by atoms with Crippen molar-refractivity contribution in [2.45, 2.75) is 24.2 Å². The lowest BCUT2D eigenvalue weighted by Crippen LogP contribution is -2.23. The zero-order valence-corrected chi connectivity index (χ0v) is 14.7. The lowest BCUT2D eigenvalue weighted by Gasteiger charge is -2.17. The highest BCUT2D eigenvalue weighted by molar-refractivity contribution is 7.92. The predicted molar refractivity (Wildman–Crippen MR) is 97.6 cm³/mol. The van der Waals surface area contributed by atoms with Crippen LogP contribution in [0.1, 0.15) is 18.4 Å². The highest BCUT2D eigenvalue weighted by Gasteiger charge is 2.24. The molecule has 0 atom stereocenters. The van der Waals surface area contributed by atoms with Crippen molar-refractivity contribution in [3.63, 3.8) is 0 Å². The third-order valence-electron chi connectivity index (χ3n) is 4.50. The number of sulfonamides is 1. The van der Waals surface area contributed by atoms with E-state index in [0.29, 0.717) is 35.6 Å². The van der Waals surface area contributed by atoms with Crippen LogP contribution in [0.15, 0.2) is 47.4 Å². The molecule has 0 spiro atoms. The number of benzene rings is 2. The molecule has 0 bridgehead atoms. The first kappa shape index (κ1) is 16.6. The van der Waals surface area contributed by atoms with Gasteiger partial charge in [0.1, 0.15) is 0 Å². The second-order valence-corrected chi connectivity index (χ2v) is 8.03. The van der Waals surface area contributed by atoms with Crippen molar-refractivity contribution >= 4 is 38.9 Å². The normalized spacial score (nSPS) is 16.5. The Kier molecular flexibility index (Phi) is 3.91. The minimum absolute atomic E-state index is 0.0424. The first-order valence-electron chi connectivity index (χ1n) is 8.28. The quantitative estimate of drug-likeness (QED) is 0.860. The van der Waals surface area contributed by atoms with Gasteiger partial charge in [0.25, 0.3) is 10.0 Å². The van der Waals surface area contributed by atoms with Crippen molar-refractivity contribution < 1.29 is 18.0 Å². The highest BCUT2D eigenvalue weighted by Crippen LogP contribution is 2.28. The molecule has 2 aliphatic rings. The lowest BCUT2D eigenvalue weighted by molar-refractivity contribution is -0.117. The fraction of sp³-hybridized carbons (Fsp3) is 0.222. The Hall–Kier alpha value is -2.87. The largest absolute Gasteiger partial charge is 0.326 e. The average molecular weight is 371 g/mol. The van der Waals surface area contributed by atoms with Crippen LogP contribution >= 0.6 is 0 Å². The number of nitrogens with zero attached hydrogens (tertiary/aromatic N) is 1. The predicted octanol–water partition coefficient (Wildman–Crippen LogP) is 2.11. The van der Waals surface area contributed by atoms with Crippen LogP contribution in [0.5, 0.6) is 0 Å². The highest BCUT2D eigenvalue weighted by atomic mass is 32.2. The Morgan fingerprint density at radius 3 is 2.69 bits per heavy atom. The van der Waals surface area contributed by atoms with Crippen LogP contribution in [0.3, 0.4) is 0 Å². The summed E-state index contributed by atoms with van der Waals surface area (Å²) in [6.07, 6.45) is 1.49. The third-order valence-corrected chi connectivity index (χ3v) is 5.87. The molecule has 4 rings (SSSR count). The molecule has 1 fully saturated rings. The van der Waals surface area contributed by atoms with Gasteiger partial charge in [-0.2, -0.15) is 0 Å². The molecule has 0 saturated carbocycles. The monoisotopic (exact) mass is 371 g/mol. The van der Waals surface area contributed by atoms with Crippen molar-refractivity contribution in [3.8, 4) is 0 Å². The molecule has 1 saturated heterocycles. The maximum atomic E-state index is 12.7. The average Bonchev–Trinajstić information content (AvgIpc) is 3.18. The molecule has 2 aliphatic heterocycles. The Labute approximate surface area is 151 Å². The van der Waals surface area contributed by atoms with E-state index >= 15 is 0 Å². The Morgan fingerprint density at radius 2 is 1.92 bits per heavy atom. The van der Waals surface area contributed by atoms with E-state index in [1.165, 1.54) is 12.1 Å². The van der Waals surface area contributed by atoms with Gasteiger partial charge in [0, 0.05) is 24.3 Å². The number of rotatable bonds is 4. The summed E-state index contributed by atoms with van der Waals surface area (Å²) < 4.78 is 27.9. The van der Waals surface area contributed by atoms with Crippen LogP contribution in [0, 0.1) is 0 Å². The molecule has 7 nitrogen and oxygen atoms in total. The van der Waals surface area contributed by atoms with Crippen molar-refractivity contribution in [2.75, 3.05) is 21.5 Å². The number of hydrogen-bond acceptors (Lipinski definition) is 4. The first-order chi connectivity index (χ1) is 12.4. The number of amides is 2. The van der Waals surface area contributed by atoms with Crippen molar-refractivity contribution in [1.29, 1.82) is 0 Å². The molecule has 0 aromatic heterocycles. The van der Waals surface area contributed by atoms with E-state index in [9.17, 15) is 18.0 Å². The van der Waals surface area contributed by atoms with Crippen LogP contribution in [-0.4, -0.2) is 26.8 Å². The summed E-state index contributed by atoms with van der Waals surface area (Å²) in [5, 5.41) is 2.68. The van der Waals surface area contributed by atoms with Gasteiger partial charge in [0.05, 0.1) is 17.0 Å². The summed E-state index contributed by atoms with van der Waals surface area (Å²) in [7, 11) is -3.80. The van der Waals surface area contributed by atoms with Crippen LogP contribution < -0.4 is 14.9 Å². The fourth-order valence-corrected chi connectivity index (χ4v) is 4.35. The maximum absolute atomic E-state index is 12.7. The molecule has 0 unspecified atom stereocenters. The fourth-order valence-electron chi connectivity index (χ4n) is 3.25. The summed E-state index contributed by atoms with van der Waals surface area (Å²) in [6.45, 7) is 0.640.